The second-order valence-electron chi connectivity index (χ2n) is 4.29. The van der Waals surface area contributed by atoms with Crippen LogP contribution in [-0.2, 0) is 16.0 Å². The van der Waals surface area contributed by atoms with E-state index in [0.717, 1.165) is 12.0 Å². The number of rotatable bonds is 5. The highest BCUT2D eigenvalue weighted by atomic mass is 16.2. The summed E-state index contributed by atoms with van der Waals surface area (Å²) >= 11 is 0. The Morgan fingerprint density at radius 3 is 2.25 bits per heavy atom. The Labute approximate surface area is 117 Å². The molecule has 0 radical (unpaired) electrons. The number of nitrogens with one attached hydrogen (secondary N) is 3. The molecule has 1 rings (SSSR count). The molecule has 6 nitrogen and oxygen atoms in total. The molecular weight excluding hydrogens is 258 g/mol. The van der Waals surface area contributed by atoms with Crippen molar-refractivity contribution in [2.75, 3.05) is 6.54 Å². The van der Waals surface area contributed by atoms with Crippen molar-refractivity contribution in [2.45, 2.75) is 26.7 Å². The van der Waals surface area contributed by atoms with E-state index in [2.05, 4.69) is 16.2 Å². The molecule has 20 heavy (non-hydrogen) atoms. The number of benzene rings is 1. The van der Waals surface area contributed by atoms with Crippen LogP contribution in [0.1, 0.15) is 36.2 Å². The fourth-order valence-electron chi connectivity index (χ4n) is 1.51. The van der Waals surface area contributed by atoms with Crippen LogP contribution < -0.4 is 16.2 Å². The van der Waals surface area contributed by atoms with Crippen molar-refractivity contribution in [2.24, 2.45) is 0 Å². The number of carbonyl (C=O) groups excluding carboxylic acids is 3. The number of amides is 3. The van der Waals surface area contributed by atoms with Crippen molar-refractivity contribution in [3.63, 3.8) is 0 Å². The topological polar surface area (TPSA) is 87.3 Å². The normalized spacial score (nSPS) is 9.70. The van der Waals surface area contributed by atoms with Crippen molar-refractivity contribution in [3.8, 4) is 0 Å². The lowest BCUT2D eigenvalue weighted by Crippen LogP contribution is -2.42. The summed E-state index contributed by atoms with van der Waals surface area (Å²) in [6.07, 6.45) is 1.01. The molecule has 0 atom stereocenters. The molecule has 0 aromatic heterocycles. The third-order valence-corrected chi connectivity index (χ3v) is 2.67. The fourth-order valence-corrected chi connectivity index (χ4v) is 1.51. The van der Waals surface area contributed by atoms with Gasteiger partial charge in [-0.05, 0) is 24.1 Å². The van der Waals surface area contributed by atoms with Crippen LogP contribution in [0.15, 0.2) is 24.3 Å². The Morgan fingerprint density at radius 2 is 1.70 bits per heavy atom. The first-order chi connectivity index (χ1) is 9.52. The molecule has 0 unspecified atom stereocenters. The predicted molar refractivity (Wildman–Crippen MR) is 74.7 cm³/mol. The highest BCUT2D eigenvalue weighted by molar-refractivity contribution is 5.95. The summed E-state index contributed by atoms with van der Waals surface area (Å²) in [5.41, 5.74) is 6.23. The Kier molecular flexibility index (Phi) is 6.22. The summed E-state index contributed by atoms with van der Waals surface area (Å²) in [5.74, 6) is -0.935. The average molecular weight is 277 g/mol. The second-order valence-corrected chi connectivity index (χ2v) is 4.29. The molecule has 1 aromatic carbocycles. The molecule has 0 aliphatic heterocycles. The lowest BCUT2D eigenvalue weighted by Gasteiger charge is -2.08. The first-order valence-corrected chi connectivity index (χ1v) is 6.45. The average Bonchev–Trinajstić information content (AvgIpc) is 2.44. The third-order valence-electron chi connectivity index (χ3n) is 2.67. The summed E-state index contributed by atoms with van der Waals surface area (Å²) in [7, 11) is 0. The zero-order chi connectivity index (χ0) is 15.0. The standard InChI is InChI=1S/C14H19N3O3/c1-3-11-4-6-12(7-5-11)14(20)17-16-13(19)8-9-15-10(2)18/h4-7H,3,8-9H2,1-2H3,(H,15,18)(H,16,19)(H,17,20). The largest absolute Gasteiger partial charge is 0.356 e. The molecule has 6 heteroatoms. The monoisotopic (exact) mass is 277 g/mol. The lowest BCUT2D eigenvalue weighted by molar-refractivity contribution is -0.122. The minimum absolute atomic E-state index is 0.106. The SMILES string of the molecule is CCc1ccc(C(=O)NNC(=O)CCNC(C)=O)cc1. The highest BCUT2D eigenvalue weighted by Crippen LogP contribution is 2.04. The number of carbonyl (C=O) groups is 3. The Balaban J connectivity index is 2.34. The first kappa shape index (κ1) is 15.7. The molecule has 3 N–H and O–H groups in total. The van der Waals surface area contributed by atoms with Crippen LogP contribution in [0.3, 0.4) is 0 Å². The van der Waals surface area contributed by atoms with Crippen LogP contribution in [0.5, 0.6) is 0 Å². The number of hydrazine groups is 1. The summed E-state index contributed by atoms with van der Waals surface area (Å²) in [6, 6.07) is 7.15. The molecular formula is C14H19N3O3. The van der Waals surface area contributed by atoms with E-state index in [-0.39, 0.29) is 30.7 Å². The van der Waals surface area contributed by atoms with Gasteiger partial charge in [0.05, 0.1) is 0 Å². The number of aryl methyl sites for hydroxylation is 1. The fraction of sp³-hybridized carbons (Fsp3) is 0.357. The molecule has 1 aromatic rings. The molecule has 3 amide bonds. The number of hydrogen-bond acceptors (Lipinski definition) is 3. The Morgan fingerprint density at radius 1 is 1.05 bits per heavy atom. The maximum absolute atomic E-state index is 11.7. The summed E-state index contributed by atoms with van der Waals surface area (Å²) < 4.78 is 0. The minimum Gasteiger partial charge on any atom is -0.356 e. The second kappa shape index (κ2) is 7.93. The quantitative estimate of drug-likeness (QED) is 0.686. The van der Waals surface area contributed by atoms with E-state index in [1.807, 2.05) is 19.1 Å². The van der Waals surface area contributed by atoms with Crippen molar-refractivity contribution >= 4 is 17.7 Å². The van der Waals surface area contributed by atoms with Gasteiger partial charge in [0.15, 0.2) is 0 Å². The van der Waals surface area contributed by atoms with Crippen molar-refractivity contribution in [3.05, 3.63) is 35.4 Å². The van der Waals surface area contributed by atoms with E-state index in [4.69, 9.17) is 0 Å². The molecule has 0 aliphatic rings. The van der Waals surface area contributed by atoms with Crippen LogP contribution >= 0.6 is 0 Å². The van der Waals surface area contributed by atoms with E-state index >= 15 is 0 Å². The van der Waals surface area contributed by atoms with Gasteiger partial charge < -0.3 is 5.32 Å². The van der Waals surface area contributed by atoms with Gasteiger partial charge in [-0.15, -0.1) is 0 Å². The summed E-state index contributed by atoms with van der Waals surface area (Å²) in [6.45, 7) is 3.65. The summed E-state index contributed by atoms with van der Waals surface area (Å²) in [4.78, 5) is 33.7. The van der Waals surface area contributed by atoms with Crippen molar-refractivity contribution in [1.82, 2.24) is 16.2 Å². The van der Waals surface area contributed by atoms with Crippen molar-refractivity contribution < 1.29 is 14.4 Å². The highest BCUT2D eigenvalue weighted by Gasteiger charge is 2.07. The van der Waals surface area contributed by atoms with Gasteiger partial charge in [0, 0.05) is 25.5 Å². The number of hydrogen-bond donors (Lipinski definition) is 3. The molecule has 0 heterocycles. The first-order valence-electron chi connectivity index (χ1n) is 6.45. The Hall–Kier alpha value is -2.37. The van der Waals surface area contributed by atoms with E-state index in [1.165, 1.54) is 6.92 Å². The van der Waals surface area contributed by atoms with Crippen LogP contribution in [0, 0.1) is 0 Å². The molecule has 0 aliphatic carbocycles. The third kappa shape index (κ3) is 5.51. The molecule has 0 saturated carbocycles. The smallest absolute Gasteiger partial charge is 0.269 e. The van der Waals surface area contributed by atoms with Gasteiger partial charge in [-0.2, -0.15) is 0 Å². The molecule has 108 valence electrons. The van der Waals surface area contributed by atoms with Gasteiger partial charge in [0.25, 0.3) is 5.91 Å². The van der Waals surface area contributed by atoms with Gasteiger partial charge in [0.1, 0.15) is 0 Å². The van der Waals surface area contributed by atoms with Crippen LogP contribution in [0.25, 0.3) is 0 Å². The van der Waals surface area contributed by atoms with Gasteiger partial charge in [-0.1, -0.05) is 19.1 Å². The minimum atomic E-state index is -0.375. The van der Waals surface area contributed by atoms with E-state index in [9.17, 15) is 14.4 Å². The van der Waals surface area contributed by atoms with Gasteiger partial charge >= 0.3 is 0 Å². The van der Waals surface area contributed by atoms with E-state index in [0.29, 0.717) is 5.56 Å². The molecule has 0 fully saturated rings. The van der Waals surface area contributed by atoms with Crippen molar-refractivity contribution in [1.29, 1.82) is 0 Å². The van der Waals surface area contributed by atoms with Crippen LogP contribution in [0.2, 0.25) is 0 Å². The molecule has 0 bridgehead atoms. The zero-order valence-electron chi connectivity index (χ0n) is 11.7. The zero-order valence-corrected chi connectivity index (χ0v) is 11.7. The Bertz CT molecular complexity index is 483. The summed E-state index contributed by atoms with van der Waals surface area (Å²) in [5, 5.41) is 2.50. The molecule has 0 spiro atoms. The maximum Gasteiger partial charge on any atom is 0.269 e. The lowest BCUT2D eigenvalue weighted by atomic mass is 10.1. The molecule has 0 saturated heterocycles. The predicted octanol–water partition coefficient (Wildman–Crippen LogP) is 0.536. The van der Waals surface area contributed by atoms with Crippen LogP contribution in [0.4, 0.5) is 0 Å². The van der Waals surface area contributed by atoms with E-state index in [1.54, 1.807) is 12.1 Å². The maximum atomic E-state index is 11.7. The van der Waals surface area contributed by atoms with E-state index < -0.39 is 0 Å². The van der Waals surface area contributed by atoms with Gasteiger partial charge in [-0.3, -0.25) is 25.2 Å². The van der Waals surface area contributed by atoms with Gasteiger partial charge in [0.2, 0.25) is 11.8 Å². The van der Waals surface area contributed by atoms with Gasteiger partial charge in [-0.25, -0.2) is 0 Å². The van der Waals surface area contributed by atoms with Crippen LogP contribution in [-0.4, -0.2) is 24.3 Å².